The molecule has 2 saturated heterocycles. The predicted octanol–water partition coefficient (Wildman–Crippen LogP) is 3.01. The third-order valence-electron chi connectivity index (χ3n) is 5.38. The third-order valence-corrected chi connectivity index (χ3v) is 7.11. The van der Waals surface area contributed by atoms with Gasteiger partial charge in [-0.3, -0.25) is 9.19 Å². The zero-order valence-corrected chi connectivity index (χ0v) is 15.8. The summed E-state index contributed by atoms with van der Waals surface area (Å²) < 4.78 is 25.8. The van der Waals surface area contributed by atoms with Crippen molar-refractivity contribution in [2.24, 2.45) is 0 Å². The highest BCUT2D eigenvalue weighted by Crippen LogP contribution is 2.28. The van der Waals surface area contributed by atoms with Crippen molar-refractivity contribution < 1.29 is 13.4 Å². The Morgan fingerprint density at radius 3 is 2.56 bits per heavy atom. The van der Waals surface area contributed by atoms with Gasteiger partial charge in [0.15, 0.2) is 0 Å². The molecule has 1 aromatic heterocycles. The molecule has 0 aliphatic carbocycles. The number of likely N-dealkylation sites (tertiary alicyclic amines) is 2. The molecule has 0 bridgehead atoms. The average molecular weight is 387 g/mol. The number of carbonyl (C=O) groups excluding carboxylic acids is 1. The summed E-state index contributed by atoms with van der Waals surface area (Å²) in [7, 11) is -1.23. The predicted molar refractivity (Wildman–Crippen MR) is 101 cm³/mol. The van der Waals surface area contributed by atoms with Gasteiger partial charge in [-0.1, -0.05) is 6.07 Å². The van der Waals surface area contributed by atoms with Gasteiger partial charge in [-0.2, -0.15) is 0 Å². The lowest BCUT2D eigenvalue weighted by Gasteiger charge is -2.24. The molecule has 27 heavy (non-hydrogen) atoms. The summed E-state index contributed by atoms with van der Waals surface area (Å²) in [6, 6.07) is 9.80. The Labute approximate surface area is 160 Å². The first kappa shape index (κ1) is 18.1. The van der Waals surface area contributed by atoms with Gasteiger partial charge in [0.1, 0.15) is 5.82 Å². The molecule has 0 saturated carbocycles. The first-order valence-corrected chi connectivity index (χ1v) is 10.4. The van der Waals surface area contributed by atoms with Gasteiger partial charge >= 0.3 is 6.03 Å². The van der Waals surface area contributed by atoms with Crippen molar-refractivity contribution in [3.63, 3.8) is 0 Å². The van der Waals surface area contributed by atoms with Crippen molar-refractivity contribution in [2.45, 2.75) is 28.9 Å². The molecule has 0 N–H and O–H groups in total. The van der Waals surface area contributed by atoms with Crippen LogP contribution in [0.5, 0.6) is 0 Å². The number of aromatic nitrogens is 1. The topological polar surface area (TPSA) is 53.5 Å². The SMILES string of the molecule is O=C(N1CCC(c2cccnc2)C1)N1CCC(S(=O)c2ccc(F)cc2)C1. The van der Waals surface area contributed by atoms with Crippen LogP contribution in [-0.2, 0) is 10.8 Å². The molecular weight excluding hydrogens is 365 g/mol. The number of carbonyl (C=O) groups is 1. The molecule has 3 heterocycles. The molecule has 7 heteroatoms. The van der Waals surface area contributed by atoms with Crippen LogP contribution in [0.15, 0.2) is 53.7 Å². The fourth-order valence-corrected chi connectivity index (χ4v) is 5.29. The first-order chi connectivity index (χ1) is 13.1. The second-order valence-electron chi connectivity index (χ2n) is 7.11. The fourth-order valence-electron chi connectivity index (χ4n) is 3.86. The van der Waals surface area contributed by atoms with E-state index in [0.29, 0.717) is 36.9 Å². The maximum Gasteiger partial charge on any atom is 0.320 e. The Hall–Kier alpha value is -2.28. The van der Waals surface area contributed by atoms with E-state index in [9.17, 15) is 13.4 Å². The van der Waals surface area contributed by atoms with Crippen LogP contribution in [0.4, 0.5) is 9.18 Å². The Morgan fingerprint density at radius 2 is 1.81 bits per heavy atom. The van der Waals surface area contributed by atoms with Crippen LogP contribution >= 0.6 is 0 Å². The molecule has 4 rings (SSSR count). The van der Waals surface area contributed by atoms with Gasteiger partial charge in [0.25, 0.3) is 0 Å². The normalized spacial score (nSPS) is 23.6. The number of pyridine rings is 1. The van der Waals surface area contributed by atoms with Crippen molar-refractivity contribution in [3.8, 4) is 0 Å². The molecule has 2 amide bonds. The van der Waals surface area contributed by atoms with E-state index in [1.165, 1.54) is 17.7 Å². The monoisotopic (exact) mass is 387 g/mol. The summed E-state index contributed by atoms with van der Waals surface area (Å²) in [4.78, 5) is 21.3. The highest BCUT2D eigenvalue weighted by molar-refractivity contribution is 7.85. The lowest BCUT2D eigenvalue weighted by atomic mass is 10.0. The molecular formula is C20H22FN3O2S. The summed E-state index contributed by atoms with van der Waals surface area (Å²) in [5.74, 6) is -0.00872. The number of hydrogen-bond acceptors (Lipinski definition) is 3. The number of nitrogens with zero attached hydrogens (tertiary/aromatic N) is 3. The zero-order valence-electron chi connectivity index (χ0n) is 15.0. The van der Waals surface area contributed by atoms with Crippen molar-refractivity contribution in [3.05, 3.63) is 60.2 Å². The van der Waals surface area contributed by atoms with Crippen molar-refractivity contribution in [1.82, 2.24) is 14.8 Å². The second kappa shape index (κ2) is 7.76. The molecule has 2 fully saturated rings. The highest BCUT2D eigenvalue weighted by Gasteiger charge is 2.35. The Bertz CT molecular complexity index is 831. The number of benzene rings is 1. The molecule has 3 unspecified atom stereocenters. The van der Waals surface area contributed by atoms with Gasteiger partial charge in [-0.05, 0) is 48.7 Å². The number of halogens is 1. The summed E-state index contributed by atoms with van der Waals surface area (Å²) in [5.41, 5.74) is 1.17. The minimum Gasteiger partial charge on any atom is -0.324 e. The van der Waals surface area contributed by atoms with Crippen LogP contribution in [-0.4, -0.2) is 56.5 Å². The third kappa shape index (κ3) is 3.88. The van der Waals surface area contributed by atoms with Crippen molar-refractivity contribution in [1.29, 1.82) is 0 Å². The van der Waals surface area contributed by atoms with E-state index < -0.39 is 10.8 Å². The number of urea groups is 1. The lowest BCUT2D eigenvalue weighted by Crippen LogP contribution is -2.41. The zero-order chi connectivity index (χ0) is 18.8. The maximum absolute atomic E-state index is 13.1. The average Bonchev–Trinajstić information content (AvgIpc) is 3.38. The molecule has 3 atom stereocenters. The maximum atomic E-state index is 13.1. The van der Waals surface area contributed by atoms with Crippen LogP contribution in [0.2, 0.25) is 0 Å². The van der Waals surface area contributed by atoms with Gasteiger partial charge in [0, 0.05) is 49.4 Å². The molecule has 0 radical (unpaired) electrons. The summed E-state index contributed by atoms with van der Waals surface area (Å²) in [5, 5.41) is -0.101. The molecule has 2 aliphatic rings. The highest BCUT2D eigenvalue weighted by atomic mass is 32.2. The van der Waals surface area contributed by atoms with Crippen molar-refractivity contribution in [2.75, 3.05) is 26.2 Å². The van der Waals surface area contributed by atoms with Crippen LogP contribution in [0, 0.1) is 5.82 Å². The number of rotatable bonds is 3. The first-order valence-electron chi connectivity index (χ1n) is 9.22. The Kier molecular flexibility index (Phi) is 5.20. The van der Waals surface area contributed by atoms with Gasteiger partial charge in [-0.25, -0.2) is 9.18 Å². The molecule has 1 aromatic carbocycles. The minimum atomic E-state index is -1.23. The van der Waals surface area contributed by atoms with Gasteiger partial charge < -0.3 is 9.80 Å². The summed E-state index contributed by atoms with van der Waals surface area (Å²) in [6.45, 7) is 2.54. The summed E-state index contributed by atoms with van der Waals surface area (Å²) >= 11 is 0. The van der Waals surface area contributed by atoms with E-state index in [-0.39, 0.29) is 17.1 Å². The van der Waals surface area contributed by atoms with E-state index in [0.717, 1.165) is 13.0 Å². The van der Waals surface area contributed by atoms with Gasteiger partial charge in [-0.15, -0.1) is 0 Å². The van der Waals surface area contributed by atoms with Crippen LogP contribution in [0.1, 0.15) is 24.3 Å². The minimum absolute atomic E-state index is 0.0278. The van der Waals surface area contributed by atoms with E-state index in [2.05, 4.69) is 11.1 Å². The van der Waals surface area contributed by atoms with E-state index in [4.69, 9.17) is 0 Å². The van der Waals surface area contributed by atoms with E-state index >= 15 is 0 Å². The quantitative estimate of drug-likeness (QED) is 0.814. The van der Waals surface area contributed by atoms with E-state index in [1.54, 1.807) is 23.2 Å². The number of hydrogen-bond donors (Lipinski definition) is 0. The summed E-state index contributed by atoms with van der Waals surface area (Å²) in [6.07, 6.45) is 5.27. The van der Waals surface area contributed by atoms with Crippen LogP contribution < -0.4 is 0 Å². The van der Waals surface area contributed by atoms with Crippen LogP contribution in [0.3, 0.4) is 0 Å². The smallest absolute Gasteiger partial charge is 0.320 e. The van der Waals surface area contributed by atoms with Crippen LogP contribution in [0.25, 0.3) is 0 Å². The molecule has 142 valence electrons. The molecule has 2 aromatic rings. The second-order valence-corrected chi connectivity index (χ2v) is 8.84. The Morgan fingerprint density at radius 1 is 1.07 bits per heavy atom. The fraction of sp³-hybridized carbons (Fsp3) is 0.400. The van der Waals surface area contributed by atoms with Crippen molar-refractivity contribution >= 4 is 16.8 Å². The molecule has 5 nitrogen and oxygen atoms in total. The van der Waals surface area contributed by atoms with Gasteiger partial charge in [0.2, 0.25) is 0 Å². The standard InChI is InChI=1S/C20H22FN3O2S/c21-17-3-5-18(6-4-17)27(26)19-8-11-24(14-19)20(25)23-10-7-16(13-23)15-2-1-9-22-12-15/h1-6,9,12,16,19H,7-8,10-11,13-14H2. The molecule has 0 spiro atoms. The number of amides is 2. The largest absolute Gasteiger partial charge is 0.324 e. The molecule has 2 aliphatic heterocycles. The Balaban J connectivity index is 1.35. The van der Waals surface area contributed by atoms with Gasteiger partial charge in [0.05, 0.1) is 16.0 Å². The lowest BCUT2D eigenvalue weighted by molar-refractivity contribution is 0.172. The van der Waals surface area contributed by atoms with E-state index in [1.807, 2.05) is 17.2 Å².